The largest absolute Gasteiger partial charge is 0.340 e. The lowest BCUT2D eigenvalue weighted by Gasteiger charge is -2.23. The molecule has 4 nitrogen and oxygen atoms in total. The number of rotatable bonds is 4. The fraction of sp³-hybridized carbons (Fsp3) is 0.500. The van der Waals surface area contributed by atoms with Crippen molar-refractivity contribution in [3.05, 3.63) is 33.1 Å². The molecule has 1 N–H and O–H groups in total. The molecule has 1 aliphatic carbocycles. The van der Waals surface area contributed by atoms with Crippen molar-refractivity contribution in [1.29, 1.82) is 0 Å². The Balaban J connectivity index is 1.60. The standard InChI is InChI=1S/C12H14ClN3OS/c13-11-6-8-9(2-1-3-10(8)18-11)14-5-4-12-15-7-16-17-12/h6-7,9,14H,1-5H2. The normalized spacial score (nSPS) is 18.8. The van der Waals surface area contributed by atoms with Crippen LogP contribution in [0.4, 0.5) is 0 Å². The Kier molecular flexibility index (Phi) is 3.63. The summed E-state index contributed by atoms with van der Waals surface area (Å²) in [5.41, 5.74) is 1.38. The molecule has 0 bridgehead atoms. The maximum absolute atomic E-state index is 6.09. The molecule has 2 aromatic heterocycles. The van der Waals surface area contributed by atoms with Crippen molar-refractivity contribution < 1.29 is 4.52 Å². The second-order valence-corrected chi connectivity index (χ2v) is 6.18. The van der Waals surface area contributed by atoms with E-state index in [0.29, 0.717) is 11.9 Å². The lowest BCUT2D eigenvalue weighted by atomic mass is 9.94. The molecular weight excluding hydrogens is 270 g/mol. The predicted octanol–water partition coefficient (Wildman–Crippen LogP) is 2.99. The van der Waals surface area contributed by atoms with Gasteiger partial charge in [0, 0.05) is 23.9 Å². The van der Waals surface area contributed by atoms with Gasteiger partial charge in [-0.05, 0) is 30.9 Å². The molecule has 0 saturated heterocycles. The van der Waals surface area contributed by atoms with E-state index in [4.69, 9.17) is 16.1 Å². The SMILES string of the molecule is Clc1cc2c(s1)CCCC2NCCc1ncno1. The smallest absolute Gasteiger partial charge is 0.227 e. The molecule has 0 saturated carbocycles. The molecule has 1 atom stereocenters. The molecule has 1 aliphatic rings. The van der Waals surface area contributed by atoms with E-state index in [0.717, 1.165) is 23.7 Å². The van der Waals surface area contributed by atoms with E-state index in [2.05, 4.69) is 21.5 Å². The van der Waals surface area contributed by atoms with Crippen LogP contribution in [0.25, 0.3) is 0 Å². The third-order valence-corrected chi connectivity index (χ3v) is 4.56. The summed E-state index contributed by atoms with van der Waals surface area (Å²) in [7, 11) is 0. The van der Waals surface area contributed by atoms with E-state index in [-0.39, 0.29) is 0 Å². The first kappa shape index (κ1) is 12.1. The molecule has 0 spiro atoms. The maximum Gasteiger partial charge on any atom is 0.227 e. The highest BCUT2D eigenvalue weighted by atomic mass is 35.5. The molecule has 2 aromatic rings. The number of nitrogens with zero attached hydrogens (tertiary/aromatic N) is 2. The Hall–Kier alpha value is -0.910. The van der Waals surface area contributed by atoms with Crippen molar-refractivity contribution in [2.75, 3.05) is 6.54 Å². The van der Waals surface area contributed by atoms with E-state index in [1.807, 2.05) is 0 Å². The van der Waals surface area contributed by atoms with Crippen LogP contribution in [0.1, 0.15) is 35.2 Å². The molecule has 0 fully saturated rings. The zero-order chi connectivity index (χ0) is 12.4. The highest BCUT2D eigenvalue weighted by Gasteiger charge is 2.22. The molecule has 0 amide bonds. The van der Waals surface area contributed by atoms with E-state index < -0.39 is 0 Å². The second-order valence-electron chi connectivity index (χ2n) is 4.41. The van der Waals surface area contributed by atoms with Crippen LogP contribution in [0, 0.1) is 0 Å². The summed E-state index contributed by atoms with van der Waals surface area (Å²) in [6, 6.07) is 2.52. The van der Waals surface area contributed by atoms with Crippen molar-refractivity contribution in [3.8, 4) is 0 Å². The Bertz CT molecular complexity index is 511. The first-order valence-corrected chi connectivity index (χ1v) is 7.29. The summed E-state index contributed by atoms with van der Waals surface area (Å²) < 4.78 is 5.87. The quantitative estimate of drug-likeness (QED) is 0.937. The van der Waals surface area contributed by atoms with E-state index in [1.165, 1.54) is 29.6 Å². The molecule has 0 radical (unpaired) electrons. The van der Waals surface area contributed by atoms with Crippen LogP contribution in [0.15, 0.2) is 16.9 Å². The maximum atomic E-state index is 6.09. The van der Waals surface area contributed by atoms with Crippen LogP contribution in [0.5, 0.6) is 0 Å². The average Bonchev–Trinajstić information content (AvgIpc) is 2.97. The van der Waals surface area contributed by atoms with Gasteiger partial charge >= 0.3 is 0 Å². The summed E-state index contributed by atoms with van der Waals surface area (Å²) in [5.74, 6) is 0.682. The molecule has 0 aliphatic heterocycles. The van der Waals surface area contributed by atoms with Gasteiger partial charge < -0.3 is 9.84 Å². The number of nitrogens with one attached hydrogen (secondary N) is 1. The summed E-state index contributed by atoms with van der Waals surface area (Å²) in [5, 5.41) is 7.15. The average molecular weight is 284 g/mol. The van der Waals surface area contributed by atoms with Gasteiger partial charge in [-0.15, -0.1) is 11.3 Å². The first-order chi connectivity index (χ1) is 8.83. The number of aryl methyl sites for hydroxylation is 1. The van der Waals surface area contributed by atoms with Gasteiger partial charge in [0.05, 0.1) is 4.34 Å². The van der Waals surface area contributed by atoms with Crippen LogP contribution in [-0.4, -0.2) is 16.7 Å². The van der Waals surface area contributed by atoms with Crippen molar-refractivity contribution in [2.45, 2.75) is 31.7 Å². The number of hydrogen-bond acceptors (Lipinski definition) is 5. The Morgan fingerprint density at radius 2 is 2.50 bits per heavy atom. The number of hydrogen-bond donors (Lipinski definition) is 1. The third-order valence-electron chi connectivity index (χ3n) is 3.22. The monoisotopic (exact) mass is 283 g/mol. The Morgan fingerprint density at radius 1 is 1.56 bits per heavy atom. The van der Waals surface area contributed by atoms with Crippen LogP contribution >= 0.6 is 22.9 Å². The molecule has 2 heterocycles. The molecule has 18 heavy (non-hydrogen) atoms. The molecular formula is C12H14ClN3OS. The van der Waals surface area contributed by atoms with Gasteiger partial charge in [0.15, 0.2) is 6.33 Å². The lowest BCUT2D eigenvalue weighted by Crippen LogP contribution is -2.26. The number of halogens is 1. The van der Waals surface area contributed by atoms with Gasteiger partial charge in [-0.1, -0.05) is 16.8 Å². The highest BCUT2D eigenvalue weighted by molar-refractivity contribution is 7.16. The first-order valence-electron chi connectivity index (χ1n) is 6.10. The molecule has 6 heteroatoms. The molecule has 96 valence electrons. The molecule has 3 rings (SSSR count). The topological polar surface area (TPSA) is 51.0 Å². The van der Waals surface area contributed by atoms with Crippen LogP contribution < -0.4 is 5.32 Å². The Morgan fingerprint density at radius 3 is 3.33 bits per heavy atom. The molecule has 0 aromatic carbocycles. The Labute approximate surface area is 114 Å². The third kappa shape index (κ3) is 2.58. The lowest BCUT2D eigenvalue weighted by molar-refractivity contribution is 0.368. The van der Waals surface area contributed by atoms with E-state index in [1.54, 1.807) is 11.3 Å². The fourth-order valence-electron chi connectivity index (χ4n) is 2.39. The summed E-state index contributed by atoms with van der Waals surface area (Å²) in [6.45, 7) is 0.847. The molecule has 1 unspecified atom stereocenters. The van der Waals surface area contributed by atoms with E-state index in [9.17, 15) is 0 Å². The van der Waals surface area contributed by atoms with Gasteiger partial charge in [0.25, 0.3) is 0 Å². The van der Waals surface area contributed by atoms with Gasteiger partial charge in [0.2, 0.25) is 5.89 Å². The van der Waals surface area contributed by atoms with Crippen molar-refractivity contribution in [2.24, 2.45) is 0 Å². The predicted molar refractivity (Wildman–Crippen MR) is 71.0 cm³/mol. The zero-order valence-electron chi connectivity index (χ0n) is 9.86. The summed E-state index contributed by atoms with van der Waals surface area (Å²) in [4.78, 5) is 5.44. The zero-order valence-corrected chi connectivity index (χ0v) is 11.4. The number of thiophene rings is 1. The van der Waals surface area contributed by atoms with Crippen LogP contribution in [0.2, 0.25) is 4.34 Å². The van der Waals surface area contributed by atoms with Crippen molar-refractivity contribution in [1.82, 2.24) is 15.5 Å². The second kappa shape index (κ2) is 5.38. The van der Waals surface area contributed by atoms with Crippen molar-refractivity contribution >= 4 is 22.9 Å². The summed E-state index contributed by atoms with van der Waals surface area (Å²) >= 11 is 7.80. The van der Waals surface area contributed by atoms with Gasteiger partial charge in [0.1, 0.15) is 0 Å². The fourth-order valence-corrected chi connectivity index (χ4v) is 3.78. The van der Waals surface area contributed by atoms with E-state index >= 15 is 0 Å². The van der Waals surface area contributed by atoms with Crippen LogP contribution in [-0.2, 0) is 12.8 Å². The van der Waals surface area contributed by atoms with Gasteiger partial charge in [-0.2, -0.15) is 4.98 Å². The van der Waals surface area contributed by atoms with Crippen LogP contribution in [0.3, 0.4) is 0 Å². The minimum absolute atomic E-state index is 0.417. The van der Waals surface area contributed by atoms with Gasteiger partial charge in [-0.3, -0.25) is 0 Å². The number of fused-ring (bicyclic) bond motifs is 1. The summed E-state index contributed by atoms with van der Waals surface area (Å²) in [6.07, 6.45) is 5.76. The minimum Gasteiger partial charge on any atom is -0.340 e. The minimum atomic E-state index is 0.417. The number of aromatic nitrogens is 2. The van der Waals surface area contributed by atoms with Crippen molar-refractivity contribution in [3.63, 3.8) is 0 Å². The highest BCUT2D eigenvalue weighted by Crippen LogP contribution is 2.37. The van der Waals surface area contributed by atoms with Gasteiger partial charge in [-0.25, -0.2) is 0 Å².